The van der Waals surface area contributed by atoms with Gasteiger partial charge in [-0.1, -0.05) is 85.1 Å². The van der Waals surface area contributed by atoms with Crippen LogP contribution in [0.4, 0.5) is 0 Å². The summed E-state index contributed by atoms with van der Waals surface area (Å²) >= 11 is 0. The molecule has 0 fully saturated rings. The van der Waals surface area contributed by atoms with Crippen LogP contribution >= 0.6 is 15.8 Å². The summed E-state index contributed by atoms with van der Waals surface area (Å²) in [7, 11) is 0.328. The first-order chi connectivity index (χ1) is 8.37. The van der Waals surface area contributed by atoms with E-state index >= 15 is 0 Å². The van der Waals surface area contributed by atoms with Gasteiger partial charge in [0.2, 0.25) is 0 Å². The average molecular weight is 304 g/mol. The van der Waals surface area contributed by atoms with Crippen LogP contribution < -0.4 is 0 Å². The van der Waals surface area contributed by atoms with E-state index in [0.717, 1.165) is 11.3 Å². The fourth-order valence-corrected chi connectivity index (χ4v) is 9.87. The Morgan fingerprint density at radius 2 is 0.895 bits per heavy atom. The van der Waals surface area contributed by atoms with E-state index in [2.05, 4.69) is 69.2 Å². The third kappa shape index (κ3) is 7.43. The molecular weight excluding hydrogens is 266 g/mol. The molecule has 0 heterocycles. The van der Waals surface area contributed by atoms with E-state index in [1.54, 1.807) is 0 Å². The highest BCUT2D eigenvalue weighted by molar-refractivity contribution is 7.61. The first-order valence-electron chi connectivity index (χ1n) is 7.91. The molecule has 2 heteroatoms. The van der Waals surface area contributed by atoms with Crippen molar-refractivity contribution in [3.8, 4) is 0 Å². The maximum absolute atomic E-state index is 2.44. The van der Waals surface area contributed by atoms with Gasteiger partial charge in [-0.2, -0.15) is 0 Å². The quantitative estimate of drug-likeness (QED) is 0.476. The SMILES string of the molecule is CC(C)P(CCCP(C(C)C)C(C)(C)C)C(C)(C)C. The molecule has 0 aliphatic carbocycles. The summed E-state index contributed by atoms with van der Waals surface area (Å²) in [5.74, 6) is 0. The zero-order valence-corrected chi connectivity index (χ0v) is 17.0. The lowest BCUT2D eigenvalue weighted by atomic mass is 10.3. The van der Waals surface area contributed by atoms with Crippen LogP contribution in [0.2, 0.25) is 0 Å². The van der Waals surface area contributed by atoms with Crippen LogP contribution in [0.1, 0.15) is 75.7 Å². The second-order valence-electron chi connectivity index (χ2n) is 8.27. The van der Waals surface area contributed by atoms with Gasteiger partial charge in [-0.25, -0.2) is 0 Å². The van der Waals surface area contributed by atoms with Crippen LogP contribution in [-0.4, -0.2) is 34.0 Å². The number of hydrogen-bond acceptors (Lipinski definition) is 0. The van der Waals surface area contributed by atoms with Crippen LogP contribution in [0.3, 0.4) is 0 Å². The van der Waals surface area contributed by atoms with Gasteiger partial charge in [0.25, 0.3) is 0 Å². The van der Waals surface area contributed by atoms with Crippen LogP contribution in [0.5, 0.6) is 0 Å². The minimum atomic E-state index is 0.164. The molecule has 0 saturated carbocycles. The predicted molar refractivity (Wildman–Crippen MR) is 98.0 cm³/mol. The van der Waals surface area contributed by atoms with Crippen molar-refractivity contribution in [2.75, 3.05) is 12.3 Å². The normalized spacial score (nSPS) is 17.1. The summed E-state index contributed by atoms with van der Waals surface area (Å²) in [6, 6.07) is 0. The Morgan fingerprint density at radius 3 is 1.05 bits per heavy atom. The molecule has 0 bridgehead atoms. The van der Waals surface area contributed by atoms with Crippen molar-refractivity contribution in [3.05, 3.63) is 0 Å². The fraction of sp³-hybridized carbons (Fsp3) is 1.00. The smallest absolute Gasteiger partial charge is 0.0177 e. The topological polar surface area (TPSA) is 0 Å². The van der Waals surface area contributed by atoms with Gasteiger partial charge in [0.1, 0.15) is 0 Å². The molecule has 0 aromatic rings. The van der Waals surface area contributed by atoms with Crippen LogP contribution in [0, 0.1) is 0 Å². The van der Waals surface area contributed by atoms with E-state index in [-0.39, 0.29) is 15.8 Å². The van der Waals surface area contributed by atoms with Crippen LogP contribution in [-0.2, 0) is 0 Å². The Balaban J connectivity index is 4.47. The van der Waals surface area contributed by atoms with E-state index in [1.807, 2.05) is 0 Å². The molecule has 0 nitrogen and oxygen atoms in total. The van der Waals surface area contributed by atoms with Gasteiger partial charge in [0.05, 0.1) is 0 Å². The minimum Gasteiger partial charge on any atom is -0.0985 e. The third-order valence-corrected chi connectivity index (χ3v) is 11.3. The zero-order valence-electron chi connectivity index (χ0n) is 15.2. The maximum atomic E-state index is 2.44. The lowest BCUT2D eigenvalue weighted by Crippen LogP contribution is -2.21. The fourth-order valence-electron chi connectivity index (χ4n) is 3.15. The molecule has 0 saturated heterocycles. The standard InChI is InChI=1S/C17H38P2/c1-14(2)18(16(5,6)7)12-11-13-19(15(3)4)17(8,9)10/h14-15H,11-13H2,1-10H3. The summed E-state index contributed by atoms with van der Waals surface area (Å²) in [5.41, 5.74) is 1.74. The Bertz CT molecular complexity index is 217. The van der Waals surface area contributed by atoms with Gasteiger partial charge in [-0.15, -0.1) is 0 Å². The summed E-state index contributed by atoms with van der Waals surface area (Å²) in [5, 5.41) is 1.04. The largest absolute Gasteiger partial charge is 0.0985 e. The van der Waals surface area contributed by atoms with E-state index < -0.39 is 0 Å². The highest BCUT2D eigenvalue weighted by Gasteiger charge is 2.29. The zero-order chi connectivity index (χ0) is 15.4. The van der Waals surface area contributed by atoms with Crippen LogP contribution in [0.15, 0.2) is 0 Å². The highest BCUT2D eigenvalue weighted by atomic mass is 31.1. The lowest BCUT2D eigenvalue weighted by Gasteiger charge is -2.38. The summed E-state index contributed by atoms with van der Waals surface area (Å²) in [4.78, 5) is 0. The van der Waals surface area contributed by atoms with E-state index in [0.29, 0.717) is 10.3 Å². The lowest BCUT2D eigenvalue weighted by molar-refractivity contribution is 0.755. The van der Waals surface area contributed by atoms with Crippen molar-refractivity contribution in [1.29, 1.82) is 0 Å². The summed E-state index contributed by atoms with van der Waals surface area (Å²) < 4.78 is 0. The molecule has 116 valence electrons. The molecule has 0 aliphatic rings. The van der Waals surface area contributed by atoms with Crippen molar-refractivity contribution in [2.45, 2.75) is 97.3 Å². The maximum Gasteiger partial charge on any atom is -0.0177 e. The molecule has 0 rings (SSSR count). The molecule has 0 aromatic heterocycles. The molecule has 0 spiro atoms. The van der Waals surface area contributed by atoms with Crippen molar-refractivity contribution in [3.63, 3.8) is 0 Å². The first kappa shape index (κ1) is 19.9. The monoisotopic (exact) mass is 304 g/mol. The van der Waals surface area contributed by atoms with Crippen molar-refractivity contribution in [2.24, 2.45) is 0 Å². The van der Waals surface area contributed by atoms with Gasteiger partial charge in [-0.3, -0.25) is 0 Å². The Hall–Kier alpha value is 0.860. The summed E-state index contributed by atoms with van der Waals surface area (Å²) in [6.45, 7) is 24.3. The Kier molecular flexibility index (Phi) is 8.10. The Labute approximate surface area is 126 Å². The second kappa shape index (κ2) is 7.75. The van der Waals surface area contributed by atoms with Gasteiger partial charge < -0.3 is 0 Å². The summed E-state index contributed by atoms with van der Waals surface area (Å²) in [6.07, 6.45) is 4.39. The molecule has 0 amide bonds. The van der Waals surface area contributed by atoms with E-state index in [4.69, 9.17) is 0 Å². The highest BCUT2D eigenvalue weighted by Crippen LogP contribution is 2.57. The molecular formula is C17H38P2. The van der Waals surface area contributed by atoms with Crippen molar-refractivity contribution >= 4 is 15.8 Å². The Morgan fingerprint density at radius 1 is 0.632 bits per heavy atom. The molecule has 0 aliphatic heterocycles. The van der Waals surface area contributed by atoms with Gasteiger partial charge >= 0.3 is 0 Å². The molecule has 0 N–H and O–H groups in total. The molecule has 2 atom stereocenters. The molecule has 0 aromatic carbocycles. The van der Waals surface area contributed by atoms with Gasteiger partial charge in [0.15, 0.2) is 0 Å². The van der Waals surface area contributed by atoms with E-state index in [9.17, 15) is 0 Å². The van der Waals surface area contributed by atoms with E-state index in [1.165, 1.54) is 18.7 Å². The van der Waals surface area contributed by atoms with Gasteiger partial charge in [-0.05, 0) is 40.4 Å². The molecule has 0 radical (unpaired) electrons. The average Bonchev–Trinajstić information content (AvgIpc) is 2.11. The van der Waals surface area contributed by atoms with Gasteiger partial charge in [0, 0.05) is 0 Å². The number of rotatable bonds is 6. The predicted octanol–water partition coefficient (Wildman–Crippen LogP) is 6.75. The molecule has 2 unspecified atom stereocenters. The van der Waals surface area contributed by atoms with Crippen molar-refractivity contribution < 1.29 is 0 Å². The second-order valence-corrected chi connectivity index (χ2v) is 15.8. The van der Waals surface area contributed by atoms with Crippen molar-refractivity contribution in [1.82, 2.24) is 0 Å². The third-order valence-electron chi connectivity index (χ3n) is 3.77. The number of hydrogen-bond donors (Lipinski definition) is 0. The minimum absolute atomic E-state index is 0.164. The molecule has 19 heavy (non-hydrogen) atoms. The van der Waals surface area contributed by atoms with Crippen LogP contribution in [0.25, 0.3) is 0 Å². The first-order valence-corrected chi connectivity index (χ1v) is 11.1.